The van der Waals surface area contributed by atoms with E-state index in [0.29, 0.717) is 11.1 Å². The van der Waals surface area contributed by atoms with E-state index >= 15 is 0 Å². The molecule has 0 spiro atoms. The number of carbonyl (C=O) groups excluding carboxylic acids is 2. The largest absolute Gasteiger partial charge is 0.472 e. The molecular weight excluding hydrogens is 206 g/mol. The highest BCUT2D eigenvalue weighted by atomic mass is 16.3. The molecule has 0 aliphatic heterocycles. The van der Waals surface area contributed by atoms with E-state index in [-0.39, 0.29) is 18.0 Å². The minimum absolute atomic E-state index is 0.161. The molecule has 4 heteroatoms. The number of aromatic nitrogens is 1. The number of ketones is 2. The predicted molar refractivity (Wildman–Crippen MR) is 56.2 cm³/mol. The Kier molecular flexibility index (Phi) is 2.91. The molecule has 2 heterocycles. The Morgan fingerprint density at radius 2 is 2.00 bits per heavy atom. The molecule has 0 saturated heterocycles. The van der Waals surface area contributed by atoms with Crippen LogP contribution in [0.2, 0.25) is 0 Å². The van der Waals surface area contributed by atoms with Crippen LogP contribution >= 0.6 is 0 Å². The molecule has 0 saturated carbocycles. The lowest BCUT2D eigenvalue weighted by Gasteiger charge is -1.97. The van der Waals surface area contributed by atoms with E-state index in [0.717, 1.165) is 0 Å². The number of carbonyl (C=O) groups is 2. The van der Waals surface area contributed by atoms with Crippen molar-refractivity contribution in [3.8, 4) is 0 Å². The van der Waals surface area contributed by atoms with Gasteiger partial charge in [-0.05, 0) is 18.2 Å². The molecule has 0 amide bonds. The standard InChI is InChI=1S/C12H9NO3/c14-11(9-2-1-4-13-7-9)6-12(15)10-3-5-16-8-10/h1-5,7-8H,6H2. The molecular formula is C12H9NO3. The summed E-state index contributed by atoms with van der Waals surface area (Å²) in [4.78, 5) is 27.1. The summed E-state index contributed by atoms with van der Waals surface area (Å²) in [5, 5.41) is 0. The van der Waals surface area contributed by atoms with Crippen LogP contribution < -0.4 is 0 Å². The molecule has 2 aromatic heterocycles. The molecule has 80 valence electrons. The van der Waals surface area contributed by atoms with Crippen LogP contribution in [0.15, 0.2) is 47.5 Å². The third kappa shape index (κ3) is 2.23. The number of rotatable bonds is 4. The average molecular weight is 215 g/mol. The molecule has 4 nitrogen and oxygen atoms in total. The molecule has 0 aromatic carbocycles. The Morgan fingerprint density at radius 1 is 1.19 bits per heavy atom. The number of pyridine rings is 1. The fraction of sp³-hybridized carbons (Fsp3) is 0.0833. The molecule has 0 bridgehead atoms. The number of furan rings is 1. The Bertz CT molecular complexity index is 488. The van der Waals surface area contributed by atoms with Gasteiger partial charge in [-0.1, -0.05) is 0 Å². The number of Topliss-reactive ketones (excluding diaryl/α,β-unsaturated/α-hetero) is 2. The van der Waals surface area contributed by atoms with E-state index < -0.39 is 0 Å². The predicted octanol–water partition coefficient (Wildman–Crippen LogP) is 2.13. The van der Waals surface area contributed by atoms with Crippen molar-refractivity contribution in [2.45, 2.75) is 6.42 Å². The number of nitrogens with zero attached hydrogens (tertiary/aromatic N) is 1. The maximum atomic E-state index is 11.7. The second-order valence-electron chi connectivity index (χ2n) is 3.28. The maximum absolute atomic E-state index is 11.7. The molecule has 16 heavy (non-hydrogen) atoms. The first-order chi connectivity index (χ1) is 7.77. The van der Waals surface area contributed by atoms with Crippen molar-refractivity contribution >= 4 is 11.6 Å². The van der Waals surface area contributed by atoms with Gasteiger partial charge in [0, 0.05) is 18.0 Å². The lowest BCUT2D eigenvalue weighted by molar-refractivity contribution is 0.0894. The van der Waals surface area contributed by atoms with Gasteiger partial charge in [0.15, 0.2) is 11.6 Å². The van der Waals surface area contributed by atoms with Gasteiger partial charge in [-0.15, -0.1) is 0 Å². The Hall–Kier alpha value is -2.23. The van der Waals surface area contributed by atoms with E-state index in [4.69, 9.17) is 4.42 Å². The van der Waals surface area contributed by atoms with Crippen LogP contribution in [0.25, 0.3) is 0 Å². The smallest absolute Gasteiger partial charge is 0.173 e. The SMILES string of the molecule is O=C(CC(=O)c1ccoc1)c1cccnc1. The van der Waals surface area contributed by atoms with Gasteiger partial charge in [0.1, 0.15) is 6.26 Å². The summed E-state index contributed by atoms with van der Waals surface area (Å²) < 4.78 is 4.78. The summed E-state index contributed by atoms with van der Waals surface area (Å²) >= 11 is 0. The lowest BCUT2D eigenvalue weighted by Crippen LogP contribution is -2.07. The van der Waals surface area contributed by atoms with Crippen molar-refractivity contribution in [3.63, 3.8) is 0 Å². The summed E-state index contributed by atoms with van der Waals surface area (Å²) in [6, 6.07) is 4.84. The van der Waals surface area contributed by atoms with E-state index in [9.17, 15) is 9.59 Å². The molecule has 0 N–H and O–H groups in total. The van der Waals surface area contributed by atoms with Gasteiger partial charge in [-0.3, -0.25) is 14.6 Å². The normalized spacial score (nSPS) is 10.0. The lowest BCUT2D eigenvalue weighted by atomic mass is 10.1. The number of hydrogen-bond donors (Lipinski definition) is 0. The summed E-state index contributed by atoms with van der Waals surface area (Å²) in [7, 11) is 0. The van der Waals surface area contributed by atoms with Crippen LogP contribution in [0, 0.1) is 0 Å². The summed E-state index contributed by atoms with van der Waals surface area (Å²) in [5.74, 6) is -0.484. The molecule has 0 radical (unpaired) electrons. The third-order valence-electron chi connectivity index (χ3n) is 2.15. The monoisotopic (exact) mass is 215 g/mol. The van der Waals surface area contributed by atoms with Crippen molar-refractivity contribution in [3.05, 3.63) is 54.2 Å². The van der Waals surface area contributed by atoms with Crippen LogP contribution in [-0.2, 0) is 0 Å². The second kappa shape index (κ2) is 4.53. The zero-order valence-corrected chi connectivity index (χ0v) is 8.42. The van der Waals surface area contributed by atoms with Crippen molar-refractivity contribution in [1.29, 1.82) is 0 Å². The average Bonchev–Trinajstić information content (AvgIpc) is 2.83. The van der Waals surface area contributed by atoms with Gasteiger partial charge in [0.05, 0.1) is 18.2 Å². The van der Waals surface area contributed by atoms with Gasteiger partial charge in [0.25, 0.3) is 0 Å². The highest BCUT2D eigenvalue weighted by molar-refractivity contribution is 6.13. The fourth-order valence-corrected chi connectivity index (χ4v) is 1.30. The summed E-state index contributed by atoms with van der Waals surface area (Å²) in [6.45, 7) is 0. The summed E-state index contributed by atoms with van der Waals surface area (Å²) in [5.41, 5.74) is 0.858. The maximum Gasteiger partial charge on any atom is 0.173 e. The molecule has 0 unspecified atom stereocenters. The van der Waals surface area contributed by atoms with Gasteiger partial charge >= 0.3 is 0 Å². The van der Waals surface area contributed by atoms with Gasteiger partial charge in [-0.25, -0.2) is 0 Å². The van der Waals surface area contributed by atoms with Crippen LogP contribution in [0.4, 0.5) is 0 Å². The van der Waals surface area contributed by atoms with Crippen molar-refractivity contribution in [2.75, 3.05) is 0 Å². The third-order valence-corrected chi connectivity index (χ3v) is 2.15. The zero-order valence-electron chi connectivity index (χ0n) is 8.42. The highest BCUT2D eigenvalue weighted by Crippen LogP contribution is 2.08. The highest BCUT2D eigenvalue weighted by Gasteiger charge is 2.14. The van der Waals surface area contributed by atoms with Crippen LogP contribution in [0.3, 0.4) is 0 Å². The van der Waals surface area contributed by atoms with Gasteiger partial charge < -0.3 is 4.42 Å². The zero-order chi connectivity index (χ0) is 11.4. The summed E-state index contributed by atoms with van der Waals surface area (Å²) in [6.07, 6.45) is 5.60. The van der Waals surface area contributed by atoms with Crippen molar-refractivity contribution in [1.82, 2.24) is 4.98 Å². The second-order valence-corrected chi connectivity index (χ2v) is 3.28. The molecule has 2 rings (SSSR count). The molecule has 0 aliphatic carbocycles. The minimum atomic E-state index is -0.248. The first-order valence-electron chi connectivity index (χ1n) is 4.76. The van der Waals surface area contributed by atoms with Crippen LogP contribution in [-0.4, -0.2) is 16.6 Å². The Balaban J connectivity index is 2.06. The quantitative estimate of drug-likeness (QED) is 0.579. The molecule has 0 fully saturated rings. The topological polar surface area (TPSA) is 60.2 Å². The van der Waals surface area contributed by atoms with E-state index in [1.54, 1.807) is 24.4 Å². The van der Waals surface area contributed by atoms with E-state index in [1.165, 1.54) is 18.7 Å². The van der Waals surface area contributed by atoms with Gasteiger partial charge in [0.2, 0.25) is 0 Å². The number of hydrogen-bond acceptors (Lipinski definition) is 4. The Labute approximate surface area is 91.9 Å². The van der Waals surface area contributed by atoms with Gasteiger partial charge in [-0.2, -0.15) is 0 Å². The van der Waals surface area contributed by atoms with E-state index in [2.05, 4.69) is 4.98 Å². The molecule has 2 aromatic rings. The van der Waals surface area contributed by atoms with E-state index in [1.807, 2.05) is 0 Å². The van der Waals surface area contributed by atoms with Crippen LogP contribution in [0.5, 0.6) is 0 Å². The first kappa shape index (κ1) is 10.3. The molecule has 0 atom stereocenters. The molecule has 0 aliphatic rings. The first-order valence-corrected chi connectivity index (χ1v) is 4.76. The fourth-order valence-electron chi connectivity index (χ4n) is 1.30. The van der Waals surface area contributed by atoms with Crippen molar-refractivity contribution < 1.29 is 14.0 Å². The minimum Gasteiger partial charge on any atom is -0.472 e. The van der Waals surface area contributed by atoms with Crippen LogP contribution in [0.1, 0.15) is 27.1 Å². The Morgan fingerprint density at radius 3 is 2.62 bits per heavy atom. The van der Waals surface area contributed by atoms with Crippen molar-refractivity contribution in [2.24, 2.45) is 0 Å².